The highest BCUT2D eigenvalue weighted by molar-refractivity contribution is 5.77. The van der Waals surface area contributed by atoms with Gasteiger partial charge in [-0.1, -0.05) is 0 Å². The van der Waals surface area contributed by atoms with Crippen molar-refractivity contribution in [2.75, 3.05) is 34.7 Å². The summed E-state index contributed by atoms with van der Waals surface area (Å²) < 4.78 is 0. The zero-order chi connectivity index (χ0) is 10.4. The van der Waals surface area contributed by atoms with E-state index in [4.69, 9.17) is 0 Å². The van der Waals surface area contributed by atoms with Crippen LogP contribution in [0.25, 0.3) is 0 Å². The van der Waals surface area contributed by atoms with Gasteiger partial charge in [-0.05, 0) is 0 Å². The summed E-state index contributed by atoms with van der Waals surface area (Å²) in [5, 5.41) is 2.61. The van der Waals surface area contributed by atoms with Gasteiger partial charge in [0.15, 0.2) is 0 Å². The largest absolute Gasteiger partial charge is 0.349 e. The van der Waals surface area contributed by atoms with Gasteiger partial charge in [0, 0.05) is 41.2 Å². The summed E-state index contributed by atoms with van der Waals surface area (Å²) in [4.78, 5) is 25.0. The predicted molar refractivity (Wildman–Crippen MR) is 50.4 cm³/mol. The molecule has 0 atom stereocenters. The van der Waals surface area contributed by atoms with Gasteiger partial charge in [-0.15, -0.1) is 0 Å². The zero-order valence-electron chi connectivity index (χ0n) is 8.63. The normalized spacial score (nSPS) is 9.23. The van der Waals surface area contributed by atoms with E-state index < -0.39 is 0 Å². The summed E-state index contributed by atoms with van der Waals surface area (Å²) in [6.07, 6.45) is 0.340. The molecule has 0 aliphatic heterocycles. The van der Waals surface area contributed by atoms with Crippen LogP contribution in [0.15, 0.2) is 0 Å². The number of hydrogen-bond donors (Lipinski definition) is 1. The number of carbonyl (C=O) groups excluding carboxylic acids is 2. The lowest BCUT2D eigenvalue weighted by atomic mass is 10.4. The molecule has 0 saturated carbocycles. The number of nitrogens with one attached hydrogen (secondary N) is 1. The maximum absolute atomic E-state index is 11.1. The van der Waals surface area contributed by atoms with Crippen LogP contribution in [0, 0.1) is 0 Å². The summed E-state index contributed by atoms with van der Waals surface area (Å²) in [5.41, 5.74) is 0. The molecule has 0 aliphatic carbocycles. The Kier molecular flexibility index (Phi) is 4.87. The first kappa shape index (κ1) is 11.7. The van der Waals surface area contributed by atoms with Crippen LogP contribution in [0.1, 0.15) is 6.42 Å². The fourth-order valence-corrected chi connectivity index (χ4v) is 0.658. The van der Waals surface area contributed by atoms with Crippen LogP contribution in [0.5, 0.6) is 0 Å². The molecule has 5 nitrogen and oxygen atoms in total. The van der Waals surface area contributed by atoms with Gasteiger partial charge < -0.3 is 15.1 Å². The molecule has 0 aliphatic rings. The molecule has 0 saturated heterocycles. The van der Waals surface area contributed by atoms with Crippen LogP contribution in [0.3, 0.4) is 0 Å². The van der Waals surface area contributed by atoms with E-state index in [-0.39, 0.29) is 11.9 Å². The Morgan fingerprint density at radius 3 is 2.00 bits per heavy atom. The van der Waals surface area contributed by atoms with Crippen LogP contribution in [-0.4, -0.2) is 56.5 Å². The minimum atomic E-state index is -0.174. The summed E-state index contributed by atoms with van der Waals surface area (Å²) in [6.45, 7) is 0.383. The Balaban J connectivity index is 3.57. The van der Waals surface area contributed by atoms with Crippen molar-refractivity contribution in [3.05, 3.63) is 0 Å². The van der Waals surface area contributed by atoms with Crippen LogP contribution in [0.4, 0.5) is 4.79 Å². The number of amides is 3. The molecule has 76 valence electrons. The van der Waals surface area contributed by atoms with E-state index >= 15 is 0 Å². The number of nitrogens with zero attached hydrogens (tertiary/aromatic N) is 2. The molecule has 0 spiro atoms. The van der Waals surface area contributed by atoms with Gasteiger partial charge in [0.05, 0.1) is 0 Å². The Morgan fingerprint density at radius 2 is 1.62 bits per heavy atom. The molecule has 0 unspecified atom stereocenters. The van der Waals surface area contributed by atoms with Gasteiger partial charge in [0.25, 0.3) is 0 Å². The maximum atomic E-state index is 11.1. The monoisotopic (exact) mass is 187 g/mol. The van der Waals surface area contributed by atoms with Crippen molar-refractivity contribution in [2.45, 2.75) is 6.42 Å². The minimum Gasteiger partial charge on any atom is -0.349 e. The Labute approximate surface area is 78.7 Å². The number of urea groups is 1. The van der Waals surface area contributed by atoms with Crippen molar-refractivity contribution >= 4 is 11.9 Å². The smallest absolute Gasteiger partial charge is 0.316 e. The first-order chi connectivity index (χ1) is 5.95. The van der Waals surface area contributed by atoms with Gasteiger partial charge >= 0.3 is 6.03 Å². The topological polar surface area (TPSA) is 52.7 Å². The molecular formula is C8H17N3O2. The number of hydrogen-bond acceptors (Lipinski definition) is 2. The van der Waals surface area contributed by atoms with Gasteiger partial charge in [-0.25, -0.2) is 4.79 Å². The minimum absolute atomic E-state index is 0.0130. The maximum Gasteiger partial charge on any atom is 0.316 e. The van der Waals surface area contributed by atoms with Gasteiger partial charge in [0.2, 0.25) is 5.91 Å². The van der Waals surface area contributed by atoms with Crippen LogP contribution in [0.2, 0.25) is 0 Å². The molecule has 0 heterocycles. The Morgan fingerprint density at radius 1 is 1.08 bits per heavy atom. The first-order valence-corrected chi connectivity index (χ1v) is 4.10. The van der Waals surface area contributed by atoms with E-state index in [1.807, 2.05) is 0 Å². The van der Waals surface area contributed by atoms with E-state index in [2.05, 4.69) is 5.32 Å². The molecule has 0 fully saturated rings. The van der Waals surface area contributed by atoms with E-state index in [9.17, 15) is 9.59 Å². The fourth-order valence-electron chi connectivity index (χ4n) is 0.658. The van der Waals surface area contributed by atoms with E-state index in [0.29, 0.717) is 13.0 Å². The molecule has 5 heteroatoms. The highest BCUT2D eigenvalue weighted by Gasteiger charge is 2.05. The molecule has 1 N–H and O–H groups in total. The van der Waals surface area contributed by atoms with Gasteiger partial charge in [0.1, 0.15) is 0 Å². The lowest BCUT2D eigenvalue weighted by Crippen LogP contribution is -2.36. The second kappa shape index (κ2) is 5.40. The van der Waals surface area contributed by atoms with Crippen molar-refractivity contribution in [3.63, 3.8) is 0 Å². The molecule has 0 aromatic heterocycles. The number of rotatable bonds is 3. The first-order valence-electron chi connectivity index (χ1n) is 4.10. The predicted octanol–water partition coefficient (Wildman–Crippen LogP) is -0.264. The van der Waals surface area contributed by atoms with Crippen molar-refractivity contribution in [1.82, 2.24) is 15.1 Å². The SMILES string of the molecule is CN(C)C(=O)CCNC(=O)N(C)C. The van der Waals surface area contributed by atoms with Crippen molar-refractivity contribution in [2.24, 2.45) is 0 Å². The third kappa shape index (κ3) is 5.05. The lowest BCUT2D eigenvalue weighted by molar-refractivity contribution is -0.128. The van der Waals surface area contributed by atoms with E-state index in [0.717, 1.165) is 0 Å². The second-order valence-corrected chi connectivity index (χ2v) is 3.16. The van der Waals surface area contributed by atoms with Gasteiger partial charge in [-0.2, -0.15) is 0 Å². The Bertz CT molecular complexity index is 170. The van der Waals surface area contributed by atoms with Crippen molar-refractivity contribution in [3.8, 4) is 0 Å². The molecule has 0 radical (unpaired) electrons. The summed E-state index contributed by atoms with van der Waals surface area (Å²) in [5.74, 6) is 0.0130. The highest BCUT2D eigenvalue weighted by atomic mass is 16.2. The molecule has 0 bridgehead atoms. The molecule has 3 amide bonds. The molecule has 13 heavy (non-hydrogen) atoms. The average molecular weight is 187 g/mol. The molecule has 0 aromatic rings. The van der Waals surface area contributed by atoms with E-state index in [1.165, 1.54) is 9.80 Å². The summed E-state index contributed by atoms with van der Waals surface area (Å²) in [6, 6.07) is -0.174. The number of carbonyl (C=O) groups is 2. The molecular weight excluding hydrogens is 170 g/mol. The summed E-state index contributed by atoms with van der Waals surface area (Å²) >= 11 is 0. The Hall–Kier alpha value is -1.26. The van der Waals surface area contributed by atoms with Crippen LogP contribution >= 0.6 is 0 Å². The summed E-state index contributed by atoms with van der Waals surface area (Å²) in [7, 11) is 6.69. The van der Waals surface area contributed by atoms with E-state index in [1.54, 1.807) is 28.2 Å². The average Bonchev–Trinajstić information content (AvgIpc) is 2.03. The van der Waals surface area contributed by atoms with Crippen LogP contribution in [-0.2, 0) is 4.79 Å². The quantitative estimate of drug-likeness (QED) is 0.661. The third-order valence-electron chi connectivity index (χ3n) is 1.52. The lowest BCUT2D eigenvalue weighted by Gasteiger charge is -2.13. The highest BCUT2D eigenvalue weighted by Crippen LogP contribution is 1.85. The third-order valence-corrected chi connectivity index (χ3v) is 1.52. The fraction of sp³-hybridized carbons (Fsp3) is 0.750. The van der Waals surface area contributed by atoms with Crippen molar-refractivity contribution < 1.29 is 9.59 Å². The second-order valence-electron chi connectivity index (χ2n) is 3.16. The zero-order valence-corrected chi connectivity index (χ0v) is 8.63. The van der Waals surface area contributed by atoms with Crippen LogP contribution < -0.4 is 5.32 Å². The van der Waals surface area contributed by atoms with Gasteiger partial charge in [-0.3, -0.25) is 4.79 Å². The standard InChI is InChI=1S/C8H17N3O2/c1-10(2)7(12)5-6-9-8(13)11(3)4/h5-6H2,1-4H3,(H,9,13). The molecule has 0 rings (SSSR count). The molecule has 0 aromatic carbocycles. The van der Waals surface area contributed by atoms with Crippen molar-refractivity contribution in [1.29, 1.82) is 0 Å².